The predicted molar refractivity (Wildman–Crippen MR) is 137 cm³/mol. The lowest BCUT2D eigenvalue weighted by atomic mass is 9.97. The lowest BCUT2D eigenvalue weighted by Gasteiger charge is -2.10. The summed E-state index contributed by atoms with van der Waals surface area (Å²) in [5, 5.41) is 4.53. The molecule has 0 aliphatic rings. The quantitative estimate of drug-likeness (QED) is 0.332. The molecule has 2 unspecified atom stereocenters. The van der Waals surface area contributed by atoms with Gasteiger partial charge in [-0.3, -0.25) is 8.80 Å². The molecule has 0 radical (unpaired) electrons. The average Bonchev–Trinajstić information content (AvgIpc) is 3.59. The molecule has 0 fully saturated rings. The molecule has 0 aliphatic carbocycles. The molecule has 182 valence electrons. The van der Waals surface area contributed by atoms with Crippen molar-refractivity contribution in [2.45, 2.75) is 58.3 Å². The Morgan fingerprint density at radius 2 is 1.53 bits per heavy atom. The van der Waals surface area contributed by atoms with Crippen LogP contribution in [0.15, 0.2) is 62.0 Å². The molecule has 6 rings (SSSR count). The molecule has 0 saturated heterocycles. The number of rotatable bonds is 7. The molecule has 0 aromatic carbocycles. The van der Waals surface area contributed by atoms with Gasteiger partial charge in [0, 0.05) is 37.2 Å². The van der Waals surface area contributed by atoms with E-state index < -0.39 is 0 Å². The van der Waals surface area contributed by atoms with Crippen LogP contribution in [-0.2, 0) is 12.8 Å². The Kier molecular flexibility index (Phi) is 5.47. The Labute approximate surface area is 208 Å². The number of hydrogen-bond donors (Lipinski definition) is 0. The SMILES string of the molecule is CC(C)c1cnn2cc(CC(C)c3cnc4nc(CC(C)c5cnc6cncn6c5)cn4c3)cc2n1. The van der Waals surface area contributed by atoms with E-state index in [1.165, 1.54) is 11.1 Å². The largest absolute Gasteiger partial charge is 0.291 e. The predicted octanol–water partition coefficient (Wildman–Crippen LogP) is 4.63. The molecule has 2 atom stereocenters. The lowest BCUT2D eigenvalue weighted by molar-refractivity contribution is 0.734. The summed E-state index contributed by atoms with van der Waals surface area (Å²) in [4.78, 5) is 22.8. The Morgan fingerprint density at radius 1 is 0.750 bits per heavy atom. The minimum atomic E-state index is 0.273. The summed E-state index contributed by atoms with van der Waals surface area (Å²) >= 11 is 0. The Balaban J connectivity index is 1.18. The molecule has 0 amide bonds. The van der Waals surface area contributed by atoms with E-state index in [0.717, 1.165) is 46.9 Å². The van der Waals surface area contributed by atoms with Gasteiger partial charge in [-0.1, -0.05) is 27.7 Å². The zero-order valence-electron chi connectivity index (χ0n) is 20.9. The average molecular weight is 480 g/mol. The minimum absolute atomic E-state index is 0.273. The summed E-state index contributed by atoms with van der Waals surface area (Å²) in [7, 11) is 0. The standard InChI is InChI=1S/C27H29N9/c1-17(2)24-10-31-36-12-20(7-25(36)33-24)5-18(3)22-9-30-27-32-23(15-34(27)13-22)6-19(4)21-8-29-26-11-28-16-35(26)14-21/h7-19H,5-6H2,1-4H3. The summed E-state index contributed by atoms with van der Waals surface area (Å²) in [6, 6.07) is 2.13. The molecular weight excluding hydrogens is 450 g/mol. The minimum Gasteiger partial charge on any atom is -0.291 e. The number of fused-ring (bicyclic) bond motifs is 3. The molecule has 0 aliphatic heterocycles. The van der Waals surface area contributed by atoms with Crippen LogP contribution in [0.25, 0.3) is 17.1 Å². The fourth-order valence-electron chi connectivity index (χ4n) is 4.63. The maximum Gasteiger partial charge on any atom is 0.233 e. The topological polar surface area (TPSA) is 90.6 Å². The van der Waals surface area contributed by atoms with E-state index in [9.17, 15) is 0 Å². The summed E-state index contributed by atoms with van der Waals surface area (Å²) in [5.41, 5.74) is 7.32. The molecule has 0 spiro atoms. The fourth-order valence-corrected chi connectivity index (χ4v) is 4.63. The highest BCUT2D eigenvalue weighted by Gasteiger charge is 2.15. The van der Waals surface area contributed by atoms with Crippen molar-refractivity contribution in [2.24, 2.45) is 0 Å². The van der Waals surface area contributed by atoms with E-state index in [2.05, 4.69) is 78.6 Å². The van der Waals surface area contributed by atoms with Crippen molar-refractivity contribution < 1.29 is 0 Å². The van der Waals surface area contributed by atoms with E-state index in [-0.39, 0.29) is 5.92 Å². The van der Waals surface area contributed by atoms with Gasteiger partial charge in [0.05, 0.1) is 23.8 Å². The van der Waals surface area contributed by atoms with E-state index in [4.69, 9.17) is 9.97 Å². The monoisotopic (exact) mass is 479 g/mol. The molecule has 0 N–H and O–H groups in total. The summed E-state index contributed by atoms with van der Waals surface area (Å²) in [6.07, 6.45) is 19.4. The maximum atomic E-state index is 4.76. The van der Waals surface area contributed by atoms with Crippen LogP contribution in [0.1, 0.15) is 73.5 Å². The van der Waals surface area contributed by atoms with Crippen molar-refractivity contribution in [3.63, 3.8) is 0 Å². The third kappa shape index (κ3) is 4.21. The van der Waals surface area contributed by atoms with Gasteiger partial charge in [0.2, 0.25) is 5.78 Å². The summed E-state index contributed by atoms with van der Waals surface area (Å²) < 4.78 is 5.85. The van der Waals surface area contributed by atoms with Gasteiger partial charge in [-0.25, -0.2) is 29.4 Å². The molecule has 9 nitrogen and oxygen atoms in total. The van der Waals surface area contributed by atoms with Crippen LogP contribution < -0.4 is 0 Å². The first-order valence-corrected chi connectivity index (χ1v) is 12.4. The molecule has 9 heteroatoms. The highest BCUT2D eigenvalue weighted by molar-refractivity contribution is 5.43. The molecular formula is C27H29N9. The van der Waals surface area contributed by atoms with Gasteiger partial charge in [0.25, 0.3) is 0 Å². The second kappa shape index (κ2) is 8.82. The van der Waals surface area contributed by atoms with Crippen LogP contribution in [0.4, 0.5) is 0 Å². The first-order chi connectivity index (χ1) is 17.4. The van der Waals surface area contributed by atoms with Crippen molar-refractivity contribution in [3.8, 4) is 0 Å². The van der Waals surface area contributed by atoms with Gasteiger partial charge in [-0.05, 0) is 53.4 Å². The molecule has 0 bridgehead atoms. The van der Waals surface area contributed by atoms with E-state index in [1.54, 1.807) is 12.5 Å². The smallest absolute Gasteiger partial charge is 0.233 e. The van der Waals surface area contributed by atoms with Gasteiger partial charge in [0.1, 0.15) is 6.33 Å². The van der Waals surface area contributed by atoms with Crippen molar-refractivity contribution >= 4 is 17.1 Å². The van der Waals surface area contributed by atoms with Crippen molar-refractivity contribution in [3.05, 3.63) is 90.0 Å². The maximum absolute atomic E-state index is 4.76. The van der Waals surface area contributed by atoms with E-state index in [0.29, 0.717) is 11.8 Å². The second-order valence-corrected chi connectivity index (χ2v) is 10.1. The zero-order valence-corrected chi connectivity index (χ0v) is 20.9. The third-order valence-corrected chi connectivity index (χ3v) is 6.84. The van der Waals surface area contributed by atoms with Crippen LogP contribution >= 0.6 is 0 Å². The van der Waals surface area contributed by atoms with Crippen molar-refractivity contribution in [1.29, 1.82) is 0 Å². The summed E-state index contributed by atoms with van der Waals surface area (Å²) in [5.74, 6) is 1.65. The second-order valence-electron chi connectivity index (χ2n) is 10.1. The number of aromatic nitrogens is 9. The molecule has 36 heavy (non-hydrogen) atoms. The van der Waals surface area contributed by atoms with Crippen LogP contribution in [-0.4, -0.2) is 43.3 Å². The lowest BCUT2D eigenvalue weighted by Crippen LogP contribution is -2.01. The van der Waals surface area contributed by atoms with E-state index >= 15 is 0 Å². The van der Waals surface area contributed by atoms with Crippen LogP contribution in [0.2, 0.25) is 0 Å². The summed E-state index contributed by atoms with van der Waals surface area (Å²) in [6.45, 7) is 8.69. The van der Waals surface area contributed by atoms with E-state index in [1.807, 2.05) is 31.9 Å². The van der Waals surface area contributed by atoms with Crippen molar-refractivity contribution in [2.75, 3.05) is 0 Å². The first-order valence-electron chi connectivity index (χ1n) is 12.4. The van der Waals surface area contributed by atoms with Gasteiger partial charge >= 0.3 is 0 Å². The third-order valence-electron chi connectivity index (χ3n) is 6.84. The van der Waals surface area contributed by atoms with Gasteiger partial charge in [0.15, 0.2) is 11.3 Å². The molecule has 6 aromatic heterocycles. The normalized spacial score (nSPS) is 13.8. The van der Waals surface area contributed by atoms with Crippen LogP contribution in [0, 0.1) is 0 Å². The Hall–Kier alpha value is -4.14. The highest BCUT2D eigenvalue weighted by Crippen LogP contribution is 2.24. The van der Waals surface area contributed by atoms with Crippen molar-refractivity contribution in [1.82, 2.24) is 43.3 Å². The number of nitrogens with zero attached hydrogens (tertiary/aromatic N) is 9. The van der Waals surface area contributed by atoms with Gasteiger partial charge < -0.3 is 0 Å². The van der Waals surface area contributed by atoms with Crippen LogP contribution in [0.5, 0.6) is 0 Å². The Bertz CT molecular complexity index is 1670. The first kappa shape index (κ1) is 22.3. The molecule has 6 aromatic rings. The molecule has 6 heterocycles. The zero-order chi connectivity index (χ0) is 24.8. The number of imidazole rings is 2. The number of hydrogen-bond acceptors (Lipinski definition) is 6. The van der Waals surface area contributed by atoms with Gasteiger partial charge in [-0.2, -0.15) is 5.10 Å². The van der Waals surface area contributed by atoms with Gasteiger partial charge in [-0.15, -0.1) is 0 Å². The van der Waals surface area contributed by atoms with Crippen LogP contribution in [0.3, 0.4) is 0 Å². The fraction of sp³-hybridized carbons (Fsp3) is 0.333. The highest BCUT2D eigenvalue weighted by atomic mass is 15.2. The Morgan fingerprint density at radius 3 is 2.36 bits per heavy atom. The molecule has 0 saturated carbocycles.